The fraction of sp³-hybridized carbons (Fsp3) is 0. The van der Waals surface area contributed by atoms with E-state index in [0.29, 0.717) is 0 Å². The SMILES string of the molecule is [Bi].[Ca].[Cu].[O]=[Pb]. The van der Waals surface area contributed by atoms with Crippen LogP contribution in [0.15, 0.2) is 0 Å². The van der Waals surface area contributed by atoms with E-state index in [0.717, 1.165) is 0 Å². The van der Waals surface area contributed by atoms with E-state index in [2.05, 4.69) is 0 Å². The van der Waals surface area contributed by atoms with E-state index in [1.165, 1.54) is 0 Å². The predicted molar refractivity (Wildman–Crippen MR) is 17.9 cm³/mol. The molecule has 1 nitrogen and oxygen atoms in total. The summed E-state index contributed by atoms with van der Waals surface area (Å²) in [6, 6.07) is 0. The average Bonchev–Trinajstić information content (AvgIpc) is 1.00. The maximum atomic E-state index is 8.39. The molecule has 0 amide bonds. The van der Waals surface area contributed by atoms with Crippen LogP contribution < -0.4 is 0 Å². The van der Waals surface area contributed by atoms with Crippen molar-refractivity contribution in [3.63, 3.8) is 0 Å². The molecule has 0 fully saturated rings. The van der Waals surface area contributed by atoms with Crippen molar-refractivity contribution in [3.8, 4) is 0 Å². The Balaban J connectivity index is -0.00000000167. The number of hydrogen-bond donors (Lipinski definition) is 0. The van der Waals surface area contributed by atoms with Crippen molar-refractivity contribution in [1.82, 2.24) is 0 Å². The van der Waals surface area contributed by atoms with E-state index in [9.17, 15) is 0 Å². The van der Waals surface area contributed by atoms with E-state index >= 15 is 0 Å². The van der Waals surface area contributed by atoms with Gasteiger partial charge in [0.05, 0.1) is 0 Å². The summed E-state index contributed by atoms with van der Waals surface area (Å²) in [5.41, 5.74) is 0. The second-order valence-electron chi connectivity index (χ2n) is 0. The molecule has 5 heteroatoms. The number of hydrogen-bond acceptors (Lipinski definition) is 1. The molecule has 28 valence electrons. The van der Waals surface area contributed by atoms with Crippen LogP contribution in [0, 0.1) is 0 Å². The zero-order valence-electron chi connectivity index (χ0n) is 2.36. The topological polar surface area (TPSA) is 17.1 Å². The Morgan fingerprint density at radius 3 is 1.20 bits per heavy atom. The second kappa shape index (κ2) is 26.3. The molecule has 0 aliphatic heterocycles. The first-order valence-corrected chi connectivity index (χ1v) is 1.79. The molecule has 0 aliphatic rings. The van der Waals surface area contributed by atoms with E-state index in [1.807, 2.05) is 0 Å². The minimum absolute atomic E-state index is 0. The van der Waals surface area contributed by atoms with E-state index in [-0.39, 0.29) is 107 Å². The predicted octanol–water partition coefficient (Wildman–Crippen LogP) is -1.26. The van der Waals surface area contributed by atoms with E-state index in [4.69, 9.17) is 2.69 Å². The summed E-state index contributed by atoms with van der Waals surface area (Å²) in [6.45, 7) is 0. The summed E-state index contributed by atoms with van der Waals surface area (Å²) >= 11 is 0.0556. The number of rotatable bonds is 0. The minimum atomic E-state index is 0. The molecule has 0 bridgehead atoms. The molecule has 0 N–H and O–H groups in total. The van der Waals surface area contributed by atoms with Crippen LogP contribution in [-0.2, 0) is 19.8 Å². The Morgan fingerprint density at radius 1 is 1.20 bits per heavy atom. The van der Waals surface area contributed by atoms with E-state index < -0.39 is 0 Å². The molecule has 0 atom stereocenters. The van der Waals surface area contributed by atoms with Crippen LogP contribution in [0.4, 0.5) is 0 Å². The maximum absolute atomic E-state index is 8.39. The summed E-state index contributed by atoms with van der Waals surface area (Å²) in [5, 5.41) is 0. The van der Waals surface area contributed by atoms with Gasteiger partial charge in [-0.3, -0.25) is 0 Å². The quantitative estimate of drug-likeness (QED) is 0.354. The molecule has 5 heavy (non-hydrogen) atoms. The monoisotopic (exact) mass is 536 g/mol. The summed E-state index contributed by atoms with van der Waals surface area (Å²) in [4.78, 5) is 0. The Morgan fingerprint density at radius 2 is 1.20 bits per heavy atom. The standard InChI is InChI=1S/Bi.Ca.Cu.O.Pb. The first-order chi connectivity index (χ1) is 1.00. The van der Waals surface area contributed by atoms with Crippen molar-refractivity contribution < 1.29 is 19.8 Å². The van der Waals surface area contributed by atoms with Crippen molar-refractivity contribution in [2.75, 3.05) is 0 Å². The van der Waals surface area contributed by atoms with Crippen LogP contribution in [0.25, 0.3) is 0 Å². The Hall–Kier alpha value is 3.38. The van der Waals surface area contributed by atoms with Gasteiger partial charge >= 0.3 is 28.5 Å². The Labute approximate surface area is 107 Å². The fourth-order valence-electron chi connectivity index (χ4n) is 0. The molecule has 0 aromatic heterocycles. The van der Waals surface area contributed by atoms with Gasteiger partial charge in [0.25, 0.3) is 0 Å². The molecule has 0 spiro atoms. The molecule has 0 unspecified atom stereocenters. The van der Waals surface area contributed by atoms with Crippen molar-refractivity contribution in [3.05, 3.63) is 0 Å². The zero-order valence-corrected chi connectivity index (χ0v) is 12.9. The first-order valence-electron chi connectivity index (χ1n) is 0.204. The van der Waals surface area contributed by atoms with Gasteiger partial charge < -0.3 is 0 Å². The molecule has 0 saturated carbocycles. The van der Waals surface area contributed by atoms with Crippen molar-refractivity contribution in [1.29, 1.82) is 0 Å². The average molecular weight is 536 g/mol. The summed E-state index contributed by atoms with van der Waals surface area (Å²) in [6.07, 6.45) is 0. The van der Waals surface area contributed by atoms with E-state index in [1.54, 1.807) is 0 Å². The summed E-state index contributed by atoms with van der Waals surface area (Å²) in [7, 11) is 0. The van der Waals surface area contributed by atoms with Gasteiger partial charge in [0.1, 0.15) is 0 Å². The Bertz CT molecular complexity index is 11.6. The molecule has 0 aromatic rings. The van der Waals surface area contributed by atoms with Crippen LogP contribution in [0.2, 0.25) is 0 Å². The second-order valence-corrected chi connectivity index (χ2v) is 0. The third-order valence-electron chi connectivity index (χ3n) is 0. The molecular weight excluding hydrogens is 536 g/mol. The molecule has 0 saturated heterocycles. The van der Waals surface area contributed by atoms with Crippen molar-refractivity contribution in [2.45, 2.75) is 0 Å². The molecular formula is BiCaCuOPb. The fourth-order valence-corrected chi connectivity index (χ4v) is 0. The third-order valence-corrected chi connectivity index (χ3v) is 0. The Kier molecular flexibility index (Phi) is 125. The molecule has 0 aliphatic carbocycles. The van der Waals surface area contributed by atoms with Gasteiger partial charge in [-0.15, -0.1) is 0 Å². The third kappa shape index (κ3) is 18.7. The van der Waals surface area contributed by atoms with Crippen molar-refractivity contribution >= 4 is 89.7 Å². The van der Waals surface area contributed by atoms with Gasteiger partial charge in [-0.2, -0.15) is 0 Å². The van der Waals surface area contributed by atoms with Crippen LogP contribution in [0.1, 0.15) is 0 Å². The molecule has 8 radical (unpaired) electrons. The molecule has 0 aromatic carbocycles. The summed E-state index contributed by atoms with van der Waals surface area (Å²) in [5.74, 6) is 0. The van der Waals surface area contributed by atoms with Gasteiger partial charge in [0.15, 0.2) is 0 Å². The van der Waals surface area contributed by atoms with Gasteiger partial charge in [-0.05, 0) is 0 Å². The zero-order chi connectivity index (χ0) is 2.00. The van der Waals surface area contributed by atoms with Crippen LogP contribution in [-0.4, -0.2) is 89.7 Å². The molecule has 0 rings (SSSR count). The first kappa shape index (κ1) is 23.8. The normalized spacial score (nSPS) is 0.800. The summed E-state index contributed by atoms with van der Waals surface area (Å²) < 4.78 is 8.39. The van der Waals surface area contributed by atoms with Crippen molar-refractivity contribution in [2.24, 2.45) is 0 Å². The van der Waals surface area contributed by atoms with Gasteiger partial charge in [-0.25, -0.2) is 0 Å². The van der Waals surface area contributed by atoms with Crippen LogP contribution >= 0.6 is 0 Å². The van der Waals surface area contributed by atoms with Crippen LogP contribution in [0.5, 0.6) is 0 Å². The van der Waals surface area contributed by atoms with Gasteiger partial charge in [0, 0.05) is 81.0 Å². The van der Waals surface area contributed by atoms with Crippen LogP contribution in [0.3, 0.4) is 0 Å². The molecule has 0 heterocycles. The van der Waals surface area contributed by atoms with Gasteiger partial charge in [0.2, 0.25) is 0 Å². The van der Waals surface area contributed by atoms with Gasteiger partial charge in [-0.1, -0.05) is 0 Å².